The summed E-state index contributed by atoms with van der Waals surface area (Å²) in [7, 11) is 0. The molecule has 6 nitrogen and oxygen atoms in total. The van der Waals surface area contributed by atoms with Crippen LogP contribution >= 0.6 is 11.8 Å². The predicted molar refractivity (Wildman–Crippen MR) is 108 cm³/mol. The number of H-pyrrole nitrogens is 1. The van der Waals surface area contributed by atoms with E-state index in [-0.39, 0.29) is 35.7 Å². The van der Waals surface area contributed by atoms with Crippen molar-refractivity contribution in [3.05, 3.63) is 57.5 Å². The maximum atomic E-state index is 12.5. The van der Waals surface area contributed by atoms with Crippen molar-refractivity contribution in [1.82, 2.24) is 19.8 Å². The number of carbonyl (C=O) groups excluding carboxylic acids is 1. The van der Waals surface area contributed by atoms with Crippen LogP contribution in [-0.4, -0.2) is 57.6 Å². The van der Waals surface area contributed by atoms with Gasteiger partial charge in [-0.3, -0.25) is 14.5 Å². The highest BCUT2D eigenvalue weighted by atomic mass is 32.2. The zero-order valence-electron chi connectivity index (χ0n) is 16.2. The van der Waals surface area contributed by atoms with E-state index in [0.717, 1.165) is 19.6 Å². The number of nitrogens with zero attached hydrogens (tertiary/aromatic N) is 3. The van der Waals surface area contributed by atoms with Gasteiger partial charge in [-0.1, -0.05) is 30.3 Å². The molecule has 1 aliphatic heterocycles. The molecule has 156 valence electrons. The molecule has 1 N–H and O–H groups in total. The molecular weight excluding hydrogens is 398 g/mol. The van der Waals surface area contributed by atoms with Gasteiger partial charge in [0.1, 0.15) is 0 Å². The number of benzene rings is 1. The van der Waals surface area contributed by atoms with Crippen molar-refractivity contribution in [1.29, 1.82) is 0 Å². The van der Waals surface area contributed by atoms with Crippen LogP contribution in [0.1, 0.15) is 23.2 Å². The van der Waals surface area contributed by atoms with Gasteiger partial charge in [-0.2, -0.15) is 8.78 Å². The smallest absolute Gasteiger partial charge is 0.291 e. The molecule has 1 saturated heterocycles. The van der Waals surface area contributed by atoms with Crippen LogP contribution in [0.25, 0.3) is 0 Å². The predicted octanol–water partition coefficient (Wildman–Crippen LogP) is 2.67. The first-order chi connectivity index (χ1) is 13.9. The Morgan fingerprint density at radius 1 is 1.21 bits per heavy atom. The van der Waals surface area contributed by atoms with Gasteiger partial charge in [0.25, 0.3) is 11.3 Å². The number of thioether (sulfide) groups is 1. The Hall–Kier alpha value is -2.26. The van der Waals surface area contributed by atoms with Crippen LogP contribution in [0.2, 0.25) is 0 Å². The first-order valence-corrected chi connectivity index (χ1v) is 10.4. The molecule has 0 atom stereocenters. The van der Waals surface area contributed by atoms with Crippen molar-refractivity contribution < 1.29 is 13.6 Å². The lowest BCUT2D eigenvalue weighted by molar-refractivity contribution is -0.133. The third-order valence-corrected chi connectivity index (χ3v) is 5.56. The highest BCUT2D eigenvalue weighted by Crippen LogP contribution is 2.21. The molecule has 0 unspecified atom stereocenters. The maximum absolute atomic E-state index is 12.5. The Morgan fingerprint density at radius 2 is 1.90 bits per heavy atom. The van der Waals surface area contributed by atoms with Gasteiger partial charge in [0.15, 0.2) is 5.16 Å². The molecule has 3 rings (SSSR count). The fourth-order valence-corrected chi connectivity index (χ4v) is 3.92. The molecular formula is C20H24F2N4O2S. The van der Waals surface area contributed by atoms with Crippen molar-refractivity contribution in [2.75, 3.05) is 26.2 Å². The highest BCUT2D eigenvalue weighted by Gasteiger charge is 2.22. The van der Waals surface area contributed by atoms with Crippen LogP contribution in [0.5, 0.6) is 0 Å². The van der Waals surface area contributed by atoms with Gasteiger partial charge in [-0.05, 0) is 30.7 Å². The molecule has 2 heterocycles. The standard InChI is InChI=1S/C20H24F2N4O2S/c1-14-16(18(28)24-20(23-14)29-19(21)22)7-8-17(27)26-11-9-25(10-12-26)13-15-5-3-2-4-6-15/h2-6,19H,7-13H2,1H3,(H,23,24,28). The summed E-state index contributed by atoms with van der Waals surface area (Å²) in [5, 5.41) is -0.105. The van der Waals surface area contributed by atoms with E-state index in [1.54, 1.807) is 6.92 Å². The highest BCUT2D eigenvalue weighted by molar-refractivity contribution is 7.99. The average Bonchev–Trinajstić information content (AvgIpc) is 2.68. The maximum Gasteiger partial charge on any atom is 0.291 e. The zero-order chi connectivity index (χ0) is 20.8. The lowest BCUT2D eigenvalue weighted by atomic mass is 10.1. The van der Waals surface area contributed by atoms with Crippen molar-refractivity contribution in [2.24, 2.45) is 0 Å². The third kappa shape index (κ3) is 6.11. The molecule has 0 aliphatic carbocycles. The number of carbonyl (C=O) groups is 1. The summed E-state index contributed by atoms with van der Waals surface area (Å²) in [5.41, 5.74) is 1.56. The summed E-state index contributed by atoms with van der Waals surface area (Å²) < 4.78 is 24.9. The minimum atomic E-state index is -2.65. The molecule has 1 amide bonds. The minimum Gasteiger partial charge on any atom is -0.340 e. The molecule has 1 aromatic carbocycles. The van der Waals surface area contributed by atoms with Gasteiger partial charge in [0.05, 0.1) is 0 Å². The molecule has 1 aliphatic rings. The van der Waals surface area contributed by atoms with Crippen LogP contribution in [-0.2, 0) is 17.8 Å². The molecule has 2 aromatic rings. The van der Waals surface area contributed by atoms with E-state index in [1.165, 1.54) is 5.56 Å². The number of piperazine rings is 1. The number of aromatic amines is 1. The van der Waals surface area contributed by atoms with Gasteiger partial charge in [0.2, 0.25) is 5.91 Å². The summed E-state index contributed by atoms with van der Waals surface area (Å²) >= 11 is 0.203. The fourth-order valence-electron chi connectivity index (χ4n) is 3.41. The van der Waals surface area contributed by atoms with Crippen LogP contribution in [0.3, 0.4) is 0 Å². The molecule has 0 spiro atoms. The summed E-state index contributed by atoms with van der Waals surface area (Å²) in [6.45, 7) is 5.40. The Bertz CT molecular complexity index is 884. The first-order valence-electron chi connectivity index (χ1n) is 9.51. The summed E-state index contributed by atoms with van der Waals surface area (Å²) in [4.78, 5) is 35.2. The molecule has 0 saturated carbocycles. The van der Waals surface area contributed by atoms with Crippen LogP contribution in [0.4, 0.5) is 8.78 Å². The number of hydrogen-bond donors (Lipinski definition) is 1. The van der Waals surface area contributed by atoms with Crippen LogP contribution in [0.15, 0.2) is 40.3 Å². The summed E-state index contributed by atoms with van der Waals surface area (Å²) in [6.07, 6.45) is 0.447. The van der Waals surface area contributed by atoms with E-state index in [0.29, 0.717) is 24.3 Å². The lowest BCUT2D eigenvalue weighted by Gasteiger charge is -2.34. The monoisotopic (exact) mass is 422 g/mol. The Balaban J connectivity index is 1.50. The van der Waals surface area contributed by atoms with Crippen molar-refractivity contribution in [3.63, 3.8) is 0 Å². The van der Waals surface area contributed by atoms with Gasteiger partial charge >= 0.3 is 0 Å². The number of rotatable bonds is 7. The molecule has 0 radical (unpaired) electrons. The summed E-state index contributed by atoms with van der Waals surface area (Å²) in [5.74, 6) is -2.65. The second kappa shape index (κ2) is 9.98. The molecule has 9 heteroatoms. The second-order valence-corrected chi connectivity index (χ2v) is 7.93. The largest absolute Gasteiger partial charge is 0.340 e. The minimum absolute atomic E-state index is 0.00538. The number of amides is 1. The van der Waals surface area contributed by atoms with Gasteiger partial charge in [-0.15, -0.1) is 0 Å². The molecule has 0 bridgehead atoms. The van der Waals surface area contributed by atoms with Gasteiger partial charge in [-0.25, -0.2) is 4.98 Å². The van der Waals surface area contributed by atoms with E-state index in [2.05, 4.69) is 27.0 Å². The lowest BCUT2D eigenvalue weighted by Crippen LogP contribution is -2.48. The van der Waals surface area contributed by atoms with E-state index in [9.17, 15) is 18.4 Å². The number of alkyl halides is 2. The Morgan fingerprint density at radius 3 is 2.52 bits per heavy atom. The number of halogens is 2. The number of hydrogen-bond acceptors (Lipinski definition) is 5. The van der Waals surface area contributed by atoms with Crippen LogP contribution < -0.4 is 5.56 Å². The van der Waals surface area contributed by atoms with E-state index in [4.69, 9.17) is 0 Å². The normalized spacial score (nSPS) is 15.1. The van der Waals surface area contributed by atoms with Crippen LogP contribution in [0, 0.1) is 6.92 Å². The second-order valence-electron chi connectivity index (χ2n) is 6.96. The van der Waals surface area contributed by atoms with Gasteiger partial charge in [0, 0.05) is 50.4 Å². The van der Waals surface area contributed by atoms with E-state index >= 15 is 0 Å². The van der Waals surface area contributed by atoms with Crippen molar-refractivity contribution in [2.45, 2.75) is 37.2 Å². The molecule has 1 aromatic heterocycles. The summed E-state index contributed by atoms with van der Waals surface area (Å²) in [6, 6.07) is 10.2. The number of aromatic nitrogens is 2. The molecule has 29 heavy (non-hydrogen) atoms. The quantitative estimate of drug-likeness (QED) is 0.549. The first kappa shape index (κ1) is 21.4. The van der Waals surface area contributed by atoms with Gasteiger partial charge < -0.3 is 9.88 Å². The Labute approximate surface area is 172 Å². The van der Waals surface area contributed by atoms with Crippen molar-refractivity contribution in [3.8, 4) is 0 Å². The zero-order valence-corrected chi connectivity index (χ0v) is 17.1. The third-order valence-electron chi connectivity index (χ3n) is 4.96. The van der Waals surface area contributed by atoms with E-state index in [1.807, 2.05) is 23.1 Å². The number of aryl methyl sites for hydroxylation is 1. The fraction of sp³-hybridized carbons (Fsp3) is 0.450. The Kier molecular flexibility index (Phi) is 7.38. The van der Waals surface area contributed by atoms with Crippen molar-refractivity contribution >= 4 is 17.7 Å². The SMILES string of the molecule is Cc1nc(SC(F)F)[nH]c(=O)c1CCC(=O)N1CCN(Cc2ccccc2)CC1. The van der Waals surface area contributed by atoms with E-state index < -0.39 is 11.3 Å². The molecule has 1 fully saturated rings. The topological polar surface area (TPSA) is 69.3 Å². The number of nitrogens with one attached hydrogen (secondary N) is 1. The average molecular weight is 423 g/mol.